The van der Waals surface area contributed by atoms with E-state index in [9.17, 15) is 0 Å². The van der Waals surface area contributed by atoms with Gasteiger partial charge in [0.15, 0.2) is 0 Å². The van der Waals surface area contributed by atoms with Crippen LogP contribution in [0.1, 0.15) is 83.5 Å². The maximum absolute atomic E-state index is 8.88. The van der Waals surface area contributed by atoms with Crippen molar-refractivity contribution in [2.75, 3.05) is 0 Å². The number of nitrogens with zero attached hydrogens (tertiary/aromatic N) is 1. The summed E-state index contributed by atoms with van der Waals surface area (Å²) in [5.74, 6) is 0. The van der Waals surface area contributed by atoms with Crippen molar-refractivity contribution in [3.05, 3.63) is 0 Å². The van der Waals surface area contributed by atoms with Crippen LogP contribution in [0.3, 0.4) is 0 Å². The van der Waals surface area contributed by atoms with Crippen LogP contribution in [0.4, 0.5) is 0 Å². The fourth-order valence-electron chi connectivity index (χ4n) is 2.47. The first-order valence-electron chi connectivity index (χ1n) is 7.13. The van der Waals surface area contributed by atoms with Gasteiger partial charge in [-0.15, -0.1) is 0 Å². The molecule has 0 aromatic carbocycles. The van der Waals surface area contributed by atoms with Crippen molar-refractivity contribution in [3.8, 4) is 0 Å². The zero-order valence-corrected chi connectivity index (χ0v) is 10.6. The number of rotatable bonds is 0. The summed E-state index contributed by atoms with van der Waals surface area (Å²) in [6.07, 6.45) is 16.8. The van der Waals surface area contributed by atoms with E-state index >= 15 is 0 Å². The maximum Gasteiger partial charge on any atom is 0.0570 e. The van der Waals surface area contributed by atoms with E-state index in [1.807, 2.05) is 0 Å². The molecule has 1 aliphatic carbocycles. The molecule has 0 amide bonds. The molecule has 1 N–H and O–H groups in total. The van der Waals surface area contributed by atoms with E-state index < -0.39 is 0 Å². The molecule has 94 valence electrons. The monoisotopic (exact) mass is 225 g/mol. The molecule has 2 heteroatoms. The standard InChI is InChI=1S/C14H27NO/c16-15-14-12-10-8-6-4-2-1-3-5-7-9-11-13-14/h16H,1-13H2. The van der Waals surface area contributed by atoms with Gasteiger partial charge in [0, 0.05) is 0 Å². The first-order valence-corrected chi connectivity index (χ1v) is 7.13. The van der Waals surface area contributed by atoms with Gasteiger partial charge in [0.05, 0.1) is 5.71 Å². The Balaban J connectivity index is 2.21. The molecule has 0 aliphatic heterocycles. The highest BCUT2D eigenvalue weighted by molar-refractivity contribution is 5.83. The molecular formula is C14H27NO. The van der Waals surface area contributed by atoms with Crippen molar-refractivity contribution in [1.82, 2.24) is 0 Å². The van der Waals surface area contributed by atoms with Crippen molar-refractivity contribution >= 4 is 5.71 Å². The number of hydrogen-bond acceptors (Lipinski definition) is 2. The van der Waals surface area contributed by atoms with E-state index in [0.29, 0.717) is 0 Å². The Morgan fingerprint density at radius 3 is 1.19 bits per heavy atom. The van der Waals surface area contributed by atoms with Gasteiger partial charge in [-0.1, -0.05) is 62.9 Å². The third-order valence-electron chi connectivity index (χ3n) is 3.57. The van der Waals surface area contributed by atoms with Crippen LogP contribution in [0.2, 0.25) is 0 Å². The molecule has 16 heavy (non-hydrogen) atoms. The van der Waals surface area contributed by atoms with E-state index in [0.717, 1.165) is 18.6 Å². The van der Waals surface area contributed by atoms with Crippen molar-refractivity contribution in [2.45, 2.75) is 83.5 Å². The number of hydrogen-bond donors (Lipinski definition) is 1. The Labute approximate surface area is 100 Å². The molecule has 0 saturated heterocycles. The lowest BCUT2D eigenvalue weighted by molar-refractivity contribution is 0.315. The summed E-state index contributed by atoms with van der Waals surface area (Å²) in [7, 11) is 0. The van der Waals surface area contributed by atoms with Crippen molar-refractivity contribution < 1.29 is 5.21 Å². The highest BCUT2D eigenvalue weighted by Crippen LogP contribution is 2.15. The van der Waals surface area contributed by atoms with E-state index in [1.54, 1.807) is 0 Å². The third kappa shape index (κ3) is 6.86. The fourth-order valence-corrected chi connectivity index (χ4v) is 2.47. The molecule has 1 fully saturated rings. The summed E-state index contributed by atoms with van der Waals surface area (Å²) in [6.45, 7) is 0. The molecule has 0 aromatic rings. The minimum atomic E-state index is 1.01. The summed E-state index contributed by atoms with van der Waals surface area (Å²) in [5.41, 5.74) is 1.03. The smallest absolute Gasteiger partial charge is 0.0570 e. The van der Waals surface area contributed by atoms with Gasteiger partial charge in [-0.05, 0) is 25.7 Å². The lowest BCUT2D eigenvalue weighted by Gasteiger charge is -2.07. The molecule has 0 bridgehead atoms. The van der Waals surface area contributed by atoms with Gasteiger partial charge in [-0.3, -0.25) is 0 Å². The highest BCUT2D eigenvalue weighted by atomic mass is 16.4. The lowest BCUT2D eigenvalue weighted by Crippen LogP contribution is -1.99. The van der Waals surface area contributed by atoms with Crippen LogP contribution in [-0.2, 0) is 0 Å². The minimum Gasteiger partial charge on any atom is -0.411 e. The first kappa shape index (κ1) is 13.5. The van der Waals surface area contributed by atoms with Crippen LogP contribution >= 0.6 is 0 Å². The molecular weight excluding hydrogens is 198 g/mol. The SMILES string of the molecule is ON=C1CCCCCCCCCCCCC1. The molecule has 1 aliphatic rings. The molecule has 0 spiro atoms. The summed E-state index contributed by atoms with van der Waals surface area (Å²) < 4.78 is 0. The summed E-state index contributed by atoms with van der Waals surface area (Å²) in [4.78, 5) is 0. The molecule has 0 heterocycles. The maximum atomic E-state index is 8.88. The second-order valence-corrected chi connectivity index (χ2v) is 5.06. The molecule has 1 rings (SSSR count). The van der Waals surface area contributed by atoms with Gasteiger partial charge >= 0.3 is 0 Å². The van der Waals surface area contributed by atoms with Gasteiger partial charge in [-0.25, -0.2) is 0 Å². The van der Waals surface area contributed by atoms with E-state index in [4.69, 9.17) is 5.21 Å². The predicted molar refractivity (Wildman–Crippen MR) is 69.2 cm³/mol. The Hall–Kier alpha value is -0.530. The molecule has 1 saturated carbocycles. The second-order valence-electron chi connectivity index (χ2n) is 5.06. The van der Waals surface area contributed by atoms with Gasteiger partial charge in [0.2, 0.25) is 0 Å². The van der Waals surface area contributed by atoms with E-state index in [2.05, 4.69) is 5.16 Å². The molecule has 0 aromatic heterocycles. The average Bonchev–Trinajstić information content (AvgIpc) is 2.32. The molecule has 0 unspecified atom stereocenters. The Morgan fingerprint density at radius 1 is 0.562 bits per heavy atom. The lowest BCUT2D eigenvalue weighted by atomic mass is 10.0. The third-order valence-corrected chi connectivity index (χ3v) is 3.57. The van der Waals surface area contributed by atoms with Crippen LogP contribution < -0.4 is 0 Å². The van der Waals surface area contributed by atoms with E-state index in [1.165, 1.54) is 70.6 Å². The summed E-state index contributed by atoms with van der Waals surface area (Å²) >= 11 is 0. The summed E-state index contributed by atoms with van der Waals surface area (Å²) in [6, 6.07) is 0. The van der Waals surface area contributed by atoms with Crippen LogP contribution in [0.15, 0.2) is 5.16 Å². The van der Waals surface area contributed by atoms with Crippen LogP contribution in [-0.4, -0.2) is 10.9 Å². The Morgan fingerprint density at radius 2 is 0.875 bits per heavy atom. The van der Waals surface area contributed by atoms with Crippen molar-refractivity contribution in [1.29, 1.82) is 0 Å². The normalized spacial score (nSPS) is 22.4. The van der Waals surface area contributed by atoms with Crippen LogP contribution in [0, 0.1) is 0 Å². The quantitative estimate of drug-likeness (QED) is 0.461. The Kier molecular flexibility index (Phi) is 8.19. The van der Waals surface area contributed by atoms with Gasteiger partial charge in [-0.2, -0.15) is 0 Å². The fraction of sp³-hybridized carbons (Fsp3) is 0.929. The van der Waals surface area contributed by atoms with Crippen LogP contribution in [0.25, 0.3) is 0 Å². The highest BCUT2D eigenvalue weighted by Gasteiger charge is 2.02. The van der Waals surface area contributed by atoms with Gasteiger partial charge in [0.1, 0.15) is 0 Å². The molecule has 0 radical (unpaired) electrons. The van der Waals surface area contributed by atoms with Gasteiger partial charge in [0.25, 0.3) is 0 Å². The van der Waals surface area contributed by atoms with Crippen LogP contribution in [0.5, 0.6) is 0 Å². The molecule has 2 nitrogen and oxygen atoms in total. The van der Waals surface area contributed by atoms with Crippen molar-refractivity contribution in [2.24, 2.45) is 5.16 Å². The second kappa shape index (κ2) is 9.68. The predicted octanol–water partition coefficient (Wildman–Crippen LogP) is 4.90. The topological polar surface area (TPSA) is 32.6 Å². The number of oxime groups is 1. The zero-order valence-electron chi connectivity index (χ0n) is 10.6. The van der Waals surface area contributed by atoms with Gasteiger partial charge < -0.3 is 5.21 Å². The first-order chi connectivity index (χ1) is 7.93. The molecule has 0 atom stereocenters. The summed E-state index contributed by atoms with van der Waals surface area (Å²) in [5, 5.41) is 12.3. The van der Waals surface area contributed by atoms with E-state index in [-0.39, 0.29) is 0 Å². The largest absolute Gasteiger partial charge is 0.411 e. The minimum absolute atomic E-state index is 1.01. The van der Waals surface area contributed by atoms with Crippen molar-refractivity contribution in [3.63, 3.8) is 0 Å². The zero-order chi connectivity index (χ0) is 11.5. The Bertz CT molecular complexity index is 173. The average molecular weight is 225 g/mol.